The maximum absolute atomic E-state index is 12.3. The number of hydrogen-bond acceptors (Lipinski definition) is 5. The van der Waals surface area contributed by atoms with Crippen LogP contribution in [0.4, 0.5) is 13.2 Å². The van der Waals surface area contributed by atoms with Crippen LogP contribution in [0.5, 0.6) is 0 Å². The van der Waals surface area contributed by atoms with Crippen LogP contribution in [-0.2, 0) is 14.3 Å². The van der Waals surface area contributed by atoms with Gasteiger partial charge in [0, 0.05) is 23.9 Å². The SMILES string of the molecule is CC1=C(OS(=O)(=O)C(F)(F)F)CC(c2nccs2)CC1. The summed E-state index contributed by atoms with van der Waals surface area (Å²) >= 11 is 1.40. The first-order valence-corrected chi connectivity index (χ1v) is 8.08. The van der Waals surface area contributed by atoms with E-state index in [0.29, 0.717) is 12.0 Å². The third-order valence-electron chi connectivity index (χ3n) is 3.07. The van der Waals surface area contributed by atoms with Gasteiger partial charge in [-0.25, -0.2) is 4.98 Å². The summed E-state index contributed by atoms with van der Waals surface area (Å²) in [5.41, 5.74) is -4.88. The summed E-state index contributed by atoms with van der Waals surface area (Å²) in [5, 5.41) is 2.55. The van der Waals surface area contributed by atoms with Gasteiger partial charge in [0.1, 0.15) is 5.76 Å². The van der Waals surface area contributed by atoms with Crippen molar-refractivity contribution in [1.29, 1.82) is 0 Å². The molecule has 0 N–H and O–H groups in total. The molecule has 0 amide bonds. The molecule has 0 spiro atoms. The summed E-state index contributed by atoms with van der Waals surface area (Å²) < 4.78 is 63.4. The van der Waals surface area contributed by atoms with Crippen molar-refractivity contribution in [3.05, 3.63) is 27.9 Å². The van der Waals surface area contributed by atoms with Crippen LogP contribution in [0.3, 0.4) is 0 Å². The largest absolute Gasteiger partial charge is 0.534 e. The number of aromatic nitrogens is 1. The van der Waals surface area contributed by atoms with Crippen molar-refractivity contribution < 1.29 is 25.8 Å². The molecule has 1 unspecified atom stereocenters. The Labute approximate surface area is 118 Å². The van der Waals surface area contributed by atoms with Gasteiger partial charge >= 0.3 is 15.6 Å². The topological polar surface area (TPSA) is 56.3 Å². The standard InChI is InChI=1S/C11H12F3NO3S2/c1-7-2-3-8(10-15-4-5-19-10)6-9(7)18-20(16,17)11(12,13)14/h4-5,8H,2-3,6H2,1H3. The number of thiazole rings is 1. The number of rotatable bonds is 3. The average Bonchev–Trinajstić information content (AvgIpc) is 2.84. The maximum atomic E-state index is 12.3. The molecular formula is C11H12F3NO3S2. The van der Waals surface area contributed by atoms with Crippen LogP contribution >= 0.6 is 11.3 Å². The molecule has 0 radical (unpaired) electrons. The van der Waals surface area contributed by atoms with Crippen LogP contribution in [0.25, 0.3) is 0 Å². The van der Waals surface area contributed by atoms with E-state index in [2.05, 4.69) is 9.17 Å². The molecule has 2 rings (SSSR count). The molecule has 0 aromatic carbocycles. The Balaban J connectivity index is 2.19. The minimum Gasteiger partial charge on any atom is -0.381 e. The Morgan fingerprint density at radius 2 is 2.15 bits per heavy atom. The van der Waals surface area contributed by atoms with Gasteiger partial charge in [-0.2, -0.15) is 21.6 Å². The lowest BCUT2D eigenvalue weighted by Crippen LogP contribution is -2.26. The fraction of sp³-hybridized carbons (Fsp3) is 0.545. The highest BCUT2D eigenvalue weighted by Crippen LogP contribution is 2.39. The van der Waals surface area contributed by atoms with Gasteiger partial charge in [-0.1, -0.05) is 0 Å². The van der Waals surface area contributed by atoms with E-state index in [1.54, 1.807) is 18.5 Å². The van der Waals surface area contributed by atoms with Gasteiger partial charge in [0.2, 0.25) is 0 Å². The Morgan fingerprint density at radius 3 is 2.70 bits per heavy atom. The quantitative estimate of drug-likeness (QED) is 0.629. The first-order valence-electron chi connectivity index (χ1n) is 5.79. The Bertz CT molecular complexity index is 605. The van der Waals surface area contributed by atoms with Crippen LogP contribution in [-0.4, -0.2) is 18.9 Å². The Hall–Kier alpha value is -1.09. The molecule has 0 fully saturated rings. The van der Waals surface area contributed by atoms with E-state index in [1.165, 1.54) is 11.3 Å². The number of allylic oxidation sites excluding steroid dienone is 2. The van der Waals surface area contributed by atoms with Gasteiger partial charge in [-0.3, -0.25) is 0 Å². The van der Waals surface area contributed by atoms with Crippen LogP contribution in [0, 0.1) is 0 Å². The van der Waals surface area contributed by atoms with Crippen LogP contribution in [0.2, 0.25) is 0 Å². The van der Waals surface area contributed by atoms with Gasteiger partial charge in [-0.15, -0.1) is 11.3 Å². The summed E-state index contributed by atoms with van der Waals surface area (Å²) in [6.07, 6.45) is 2.94. The van der Waals surface area contributed by atoms with Crippen LogP contribution in [0.15, 0.2) is 22.9 Å². The summed E-state index contributed by atoms with van der Waals surface area (Å²) in [6, 6.07) is 0. The lowest BCUT2D eigenvalue weighted by Gasteiger charge is -2.24. The average molecular weight is 327 g/mol. The van der Waals surface area contributed by atoms with Crippen molar-refractivity contribution >= 4 is 21.5 Å². The molecular weight excluding hydrogens is 315 g/mol. The maximum Gasteiger partial charge on any atom is 0.534 e. The number of nitrogens with zero attached hydrogens (tertiary/aromatic N) is 1. The van der Waals surface area contributed by atoms with Crippen molar-refractivity contribution in [3.8, 4) is 0 Å². The molecule has 1 aromatic heterocycles. The first-order chi connectivity index (χ1) is 9.21. The lowest BCUT2D eigenvalue weighted by molar-refractivity contribution is -0.0525. The number of halogens is 3. The number of hydrogen-bond donors (Lipinski definition) is 0. The summed E-state index contributed by atoms with van der Waals surface area (Å²) in [7, 11) is -5.60. The van der Waals surface area contributed by atoms with Gasteiger partial charge in [-0.05, 0) is 25.3 Å². The monoisotopic (exact) mass is 327 g/mol. The third kappa shape index (κ3) is 3.14. The lowest BCUT2D eigenvalue weighted by atomic mass is 9.89. The highest BCUT2D eigenvalue weighted by molar-refractivity contribution is 7.87. The zero-order valence-electron chi connectivity index (χ0n) is 10.5. The summed E-state index contributed by atoms with van der Waals surface area (Å²) in [5.74, 6) is -0.217. The molecule has 112 valence electrons. The zero-order valence-corrected chi connectivity index (χ0v) is 12.1. The van der Waals surface area contributed by atoms with Crippen molar-refractivity contribution in [2.24, 2.45) is 0 Å². The second kappa shape index (κ2) is 5.36. The Kier molecular flexibility index (Phi) is 4.10. The molecule has 0 saturated carbocycles. The minimum atomic E-state index is -5.60. The van der Waals surface area contributed by atoms with Gasteiger partial charge in [0.25, 0.3) is 0 Å². The van der Waals surface area contributed by atoms with Gasteiger partial charge in [0.15, 0.2) is 0 Å². The highest BCUT2D eigenvalue weighted by Gasteiger charge is 2.49. The highest BCUT2D eigenvalue weighted by atomic mass is 32.2. The van der Waals surface area contributed by atoms with E-state index in [1.807, 2.05) is 0 Å². The zero-order chi connectivity index (χ0) is 15.0. The molecule has 1 aliphatic rings. The van der Waals surface area contributed by atoms with Crippen molar-refractivity contribution in [1.82, 2.24) is 4.98 Å². The molecule has 0 aliphatic heterocycles. The van der Waals surface area contributed by atoms with E-state index in [0.717, 1.165) is 11.4 Å². The van der Waals surface area contributed by atoms with E-state index in [9.17, 15) is 21.6 Å². The Morgan fingerprint density at radius 1 is 1.45 bits per heavy atom. The smallest absolute Gasteiger partial charge is 0.381 e. The van der Waals surface area contributed by atoms with E-state index >= 15 is 0 Å². The molecule has 20 heavy (non-hydrogen) atoms. The molecule has 0 bridgehead atoms. The van der Waals surface area contributed by atoms with Crippen molar-refractivity contribution in [2.75, 3.05) is 0 Å². The normalized spacial score (nSPS) is 21.1. The van der Waals surface area contributed by atoms with E-state index in [-0.39, 0.29) is 18.1 Å². The van der Waals surface area contributed by atoms with Crippen LogP contribution < -0.4 is 0 Å². The third-order valence-corrected chi connectivity index (χ3v) is 5.00. The molecule has 1 aliphatic carbocycles. The van der Waals surface area contributed by atoms with Crippen LogP contribution in [0.1, 0.15) is 37.1 Å². The first kappa shape index (κ1) is 15.3. The summed E-state index contributed by atoms with van der Waals surface area (Å²) in [4.78, 5) is 4.11. The molecule has 1 heterocycles. The van der Waals surface area contributed by atoms with E-state index < -0.39 is 15.6 Å². The number of alkyl halides is 3. The molecule has 1 aromatic rings. The second-order valence-corrected chi connectivity index (χ2v) is 6.96. The molecule has 4 nitrogen and oxygen atoms in total. The summed E-state index contributed by atoms with van der Waals surface area (Å²) in [6.45, 7) is 1.58. The van der Waals surface area contributed by atoms with Gasteiger partial charge in [0.05, 0.1) is 5.01 Å². The molecule has 1 atom stereocenters. The second-order valence-electron chi connectivity index (χ2n) is 4.50. The fourth-order valence-corrected chi connectivity index (χ4v) is 3.31. The predicted molar refractivity (Wildman–Crippen MR) is 67.5 cm³/mol. The van der Waals surface area contributed by atoms with E-state index in [4.69, 9.17) is 0 Å². The van der Waals surface area contributed by atoms with Crippen molar-refractivity contribution in [2.45, 2.75) is 37.6 Å². The van der Waals surface area contributed by atoms with Gasteiger partial charge < -0.3 is 4.18 Å². The fourth-order valence-electron chi connectivity index (χ4n) is 1.96. The van der Waals surface area contributed by atoms with Crippen molar-refractivity contribution in [3.63, 3.8) is 0 Å². The minimum absolute atomic E-state index is 0.0999. The molecule has 9 heteroatoms. The predicted octanol–water partition coefficient (Wildman–Crippen LogP) is 3.55. The molecule has 0 saturated heterocycles.